The Hall–Kier alpha value is -0.920. The third-order valence-electron chi connectivity index (χ3n) is 3.20. The highest BCUT2D eigenvalue weighted by Crippen LogP contribution is 2.42. The summed E-state index contributed by atoms with van der Waals surface area (Å²) in [4.78, 5) is 23.0. The molecule has 0 heterocycles. The van der Waals surface area contributed by atoms with Crippen LogP contribution in [0.2, 0.25) is 0 Å². The van der Waals surface area contributed by atoms with E-state index in [0.717, 1.165) is 18.4 Å². The summed E-state index contributed by atoms with van der Waals surface area (Å²) in [5, 5.41) is 0. The average molecular weight is 192 g/mol. The maximum absolute atomic E-state index is 11.8. The van der Waals surface area contributed by atoms with Crippen LogP contribution in [-0.2, 0) is 9.59 Å². The summed E-state index contributed by atoms with van der Waals surface area (Å²) in [6.45, 7) is 4.20. The van der Waals surface area contributed by atoms with Crippen molar-refractivity contribution in [2.75, 3.05) is 0 Å². The highest BCUT2D eigenvalue weighted by Gasteiger charge is 2.38. The minimum Gasteiger partial charge on any atom is -0.299 e. The molecule has 1 fully saturated rings. The Bertz CT molecular complexity index is 323. The molecule has 2 aliphatic rings. The quantitative estimate of drug-likeness (QED) is 0.590. The Kier molecular flexibility index (Phi) is 2.09. The number of fused-ring (bicyclic) bond motifs is 1. The number of carbonyl (C=O) groups excluding carboxylic acids is 2. The first-order valence-corrected chi connectivity index (χ1v) is 5.24. The van der Waals surface area contributed by atoms with Crippen molar-refractivity contribution in [3.8, 4) is 0 Å². The molecule has 0 spiro atoms. The van der Waals surface area contributed by atoms with Crippen LogP contribution in [0.1, 0.15) is 39.5 Å². The number of allylic oxidation sites excluding steroid dienone is 2. The van der Waals surface area contributed by atoms with Gasteiger partial charge < -0.3 is 0 Å². The van der Waals surface area contributed by atoms with E-state index >= 15 is 0 Å². The third-order valence-corrected chi connectivity index (χ3v) is 3.20. The molecule has 0 aromatic rings. The second-order valence-electron chi connectivity index (χ2n) is 5.26. The van der Waals surface area contributed by atoms with E-state index in [1.54, 1.807) is 6.08 Å². The molecule has 0 bridgehead atoms. The van der Waals surface area contributed by atoms with Crippen molar-refractivity contribution in [1.29, 1.82) is 0 Å². The molecule has 0 aromatic carbocycles. The van der Waals surface area contributed by atoms with Gasteiger partial charge in [0.25, 0.3) is 0 Å². The fourth-order valence-corrected chi connectivity index (χ4v) is 2.60. The first-order valence-electron chi connectivity index (χ1n) is 5.24. The van der Waals surface area contributed by atoms with Crippen LogP contribution in [0.15, 0.2) is 11.6 Å². The van der Waals surface area contributed by atoms with E-state index in [9.17, 15) is 9.59 Å². The summed E-state index contributed by atoms with van der Waals surface area (Å²) in [6.07, 6.45) is 4.60. The lowest BCUT2D eigenvalue weighted by molar-refractivity contribution is -0.126. The van der Waals surface area contributed by atoms with Gasteiger partial charge in [-0.05, 0) is 24.3 Å². The molecular formula is C12H16O2. The monoisotopic (exact) mass is 192 g/mol. The second kappa shape index (κ2) is 3.04. The van der Waals surface area contributed by atoms with Crippen molar-refractivity contribution in [3.63, 3.8) is 0 Å². The summed E-state index contributed by atoms with van der Waals surface area (Å²) in [7, 11) is 0. The van der Waals surface area contributed by atoms with Crippen LogP contribution in [0.5, 0.6) is 0 Å². The number of carbonyl (C=O) groups is 2. The zero-order valence-electron chi connectivity index (χ0n) is 8.80. The molecule has 2 nitrogen and oxygen atoms in total. The average Bonchev–Trinajstić information content (AvgIpc) is 2.00. The first-order chi connectivity index (χ1) is 6.48. The molecule has 1 saturated carbocycles. The normalized spacial score (nSPS) is 31.0. The van der Waals surface area contributed by atoms with E-state index in [2.05, 4.69) is 13.8 Å². The van der Waals surface area contributed by atoms with E-state index in [4.69, 9.17) is 0 Å². The molecule has 0 saturated heterocycles. The van der Waals surface area contributed by atoms with Crippen molar-refractivity contribution in [1.82, 2.24) is 0 Å². The summed E-state index contributed by atoms with van der Waals surface area (Å²) in [6, 6.07) is 0. The second-order valence-corrected chi connectivity index (χ2v) is 5.26. The summed E-state index contributed by atoms with van der Waals surface area (Å²) in [5.74, 6) is 0.600. The van der Waals surface area contributed by atoms with Crippen molar-refractivity contribution < 1.29 is 9.59 Å². The van der Waals surface area contributed by atoms with Crippen molar-refractivity contribution in [2.24, 2.45) is 11.3 Å². The van der Waals surface area contributed by atoms with Gasteiger partial charge in [-0.25, -0.2) is 0 Å². The highest BCUT2D eigenvalue weighted by atomic mass is 16.1. The lowest BCUT2D eigenvalue weighted by Gasteiger charge is -2.36. The summed E-state index contributed by atoms with van der Waals surface area (Å²) in [5.41, 5.74) is 1.14. The smallest absolute Gasteiger partial charge is 0.155 e. The number of ketones is 2. The van der Waals surface area contributed by atoms with Gasteiger partial charge in [0.15, 0.2) is 5.78 Å². The first kappa shape index (κ1) is 9.63. The zero-order valence-corrected chi connectivity index (χ0v) is 8.80. The number of hydrogen-bond donors (Lipinski definition) is 0. The summed E-state index contributed by atoms with van der Waals surface area (Å²) < 4.78 is 0. The van der Waals surface area contributed by atoms with Crippen molar-refractivity contribution >= 4 is 11.6 Å². The summed E-state index contributed by atoms with van der Waals surface area (Å²) >= 11 is 0. The minimum atomic E-state index is 0.0526. The molecule has 0 N–H and O–H groups in total. The molecule has 1 unspecified atom stereocenters. The molecule has 1 atom stereocenters. The zero-order chi connectivity index (χ0) is 10.3. The Labute approximate surface area is 84.4 Å². The van der Waals surface area contributed by atoms with Crippen LogP contribution in [0.3, 0.4) is 0 Å². The van der Waals surface area contributed by atoms with Crippen LogP contribution in [0.4, 0.5) is 0 Å². The molecule has 2 rings (SSSR count). The third kappa shape index (κ3) is 1.66. The minimum absolute atomic E-state index is 0.0526. The maximum atomic E-state index is 11.8. The van der Waals surface area contributed by atoms with Gasteiger partial charge in [0.05, 0.1) is 0 Å². The van der Waals surface area contributed by atoms with Gasteiger partial charge in [-0.3, -0.25) is 9.59 Å². The van der Waals surface area contributed by atoms with Gasteiger partial charge in [-0.2, -0.15) is 0 Å². The van der Waals surface area contributed by atoms with Gasteiger partial charge in [0, 0.05) is 18.8 Å². The molecule has 76 valence electrons. The lowest BCUT2D eigenvalue weighted by atomic mass is 9.66. The van der Waals surface area contributed by atoms with Crippen LogP contribution in [-0.4, -0.2) is 11.6 Å². The number of hydrogen-bond acceptors (Lipinski definition) is 2. The van der Waals surface area contributed by atoms with Crippen molar-refractivity contribution in [2.45, 2.75) is 39.5 Å². The maximum Gasteiger partial charge on any atom is 0.155 e. The van der Waals surface area contributed by atoms with Crippen molar-refractivity contribution in [3.05, 3.63) is 11.6 Å². The Morgan fingerprint density at radius 3 is 2.71 bits per heavy atom. The van der Waals surface area contributed by atoms with Gasteiger partial charge in [-0.1, -0.05) is 19.4 Å². The van der Waals surface area contributed by atoms with Crippen LogP contribution in [0, 0.1) is 11.3 Å². The molecular weight excluding hydrogens is 176 g/mol. The molecule has 0 aromatic heterocycles. The lowest BCUT2D eigenvalue weighted by Crippen LogP contribution is -2.34. The molecule has 2 heteroatoms. The molecule has 0 amide bonds. The Morgan fingerprint density at radius 2 is 2.00 bits per heavy atom. The number of rotatable bonds is 0. The van der Waals surface area contributed by atoms with E-state index in [1.807, 2.05) is 0 Å². The fraction of sp³-hybridized carbons (Fsp3) is 0.667. The predicted molar refractivity (Wildman–Crippen MR) is 53.8 cm³/mol. The molecule has 0 radical (unpaired) electrons. The Morgan fingerprint density at radius 1 is 1.29 bits per heavy atom. The van der Waals surface area contributed by atoms with Crippen LogP contribution < -0.4 is 0 Å². The highest BCUT2D eigenvalue weighted by molar-refractivity contribution is 5.96. The molecule has 0 aliphatic heterocycles. The van der Waals surface area contributed by atoms with Gasteiger partial charge in [0.2, 0.25) is 0 Å². The van der Waals surface area contributed by atoms with Gasteiger partial charge in [-0.15, -0.1) is 0 Å². The largest absolute Gasteiger partial charge is 0.299 e. The SMILES string of the molecule is CC1(C)CC(=O)C2CCC(=O)C=C2C1. The topological polar surface area (TPSA) is 34.1 Å². The number of Topliss-reactive ketones (excluding diaryl/α,β-unsaturated/α-hetero) is 1. The predicted octanol–water partition coefficient (Wildman–Crippen LogP) is 2.28. The standard InChI is InChI=1S/C12H16O2/c1-12(2)6-8-5-9(13)3-4-10(8)11(14)7-12/h5,10H,3-4,6-7H2,1-2H3. The molecule has 14 heavy (non-hydrogen) atoms. The van der Waals surface area contributed by atoms with E-state index in [0.29, 0.717) is 18.6 Å². The fourth-order valence-electron chi connectivity index (χ4n) is 2.60. The Balaban J connectivity index is 2.31. The van der Waals surface area contributed by atoms with E-state index < -0.39 is 0 Å². The van der Waals surface area contributed by atoms with E-state index in [1.165, 1.54) is 0 Å². The van der Waals surface area contributed by atoms with Crippen LogP contribution >= 0.6 is 0 Å². The van der Waals surface area contributed by atoms with E-state index in [-0.39, 0.29) is 17.1 Å². The molecule has 2 aliphatic carbocycles. The van der Waals surface area contributed by atoms with Crippen LogP contribution in [0.25, 0.3) is 0 Å². The van der Waals surface area contributed by atoms with Gasteiger partial charge in [0.1, 0.15) is 5.78 Å². The van der Waals surface area contributed by atoms with Gasteiger partial charge >= 0.3 is 0 Å².